The lowest BCUT2D eigenvalue weighted by atomic mass is 10.1. The number of aromatic nitrogens is 5. The maximum atomic E-state index is 5.45. The van der Waals surface area contributed by atoms with Crippen molar-refractivity contribution < 1.29 is 9.47 Å². The topological polar surface area (TPSA) is 66.5 Å². The van der Waals surface area contributed by atoms with Crippen molar-refractivity contribution in [1.82, 2.24) is 23.9 Å². The van der Waals surface area contributed by atoms with E-state index in [1.54, 1.807) is 14.2 Å². The van der Waals surface area contributed by atoms with E-state index in [1.165, 1.54) is 16.2 Å². The lowest BCUT2D eigenvalue weighted by Crippen LogP contribution is -2.07. The molecule has 0 saturated carbocycles. The average Bonchev–Trinajstić information content (AvgIpc) is 3.75. The van der Waals surface area contributed by atoms with Gasteiger partial charge >= 0.3 is 0 Å². The van der Waals surface area contributed by atoms with Gasteiger partial charge in [0.2, 0.25) is 5.95 Å². The molecule has 7 nitrogen and oxygen atoms in total. The van der Waals surface area contributed by atoms with Gasteiger partial charge in [-0.25, -0.2) is 4.98 Å². The minimum absolute atomic E-state index is 0.537. The molecule has 0 saturated heterocycles. The lowest BCUT2D eigenvalue weighted by molar-refractivity contribution is 0.415. The summed E-state index contributed by atoms with van der Waals surface area (Å²) in [6.45, 7) is 0. The summed E-state index contributed by atoms with van der Waals surface area (Å²) in [4.78, 5) is 15.4. The van der Waals surface area contributed by atoms with Crippen LogP contribution in [0, 0.1) is 0 Å². The SMILES string of the molecule is COc1ccc(-c2nc(-c3ccc(OC)cc3)nc(-n3c4ccccc4c4ccc5cc6c7ccccc7c7ccccc7n6c5c43)n2)cc1. The number of nitrogens with zero attached hydrogens (tertiary/aromatic N) is 5. The van der Waals surface area contributed by atoms with Gasteiger partial charge in [0.05, 0.1) is 41.8 Å². The van der Waals surface area contributed by atoms with Gasteiger partial charge in [-0.3, -0.25) is 4.57 Å². The van der Waals surface area contributed by atoms with Crippen molar-refractivity contribution in [3.8, 4) is 40.2 Å². The molecule has 4 aromatic heterocycles. The zero-order valence-corrected chi connectivity index (χ0v) is 27.3. The molecule has 4 heterocycles. The summed E-state index contributed by atoms with van der Waals surface area (Å²) >= 11 is 0. The lowest BCUT2D eigenvalue weighted by Gasteiger charge is -2.13. The summed E-state index contributed by atoms with van der Waals surface area (Å²) in [5, 5.41) is 7.05. The normalized spacial score (nSPS) is 11.8. The average molecular weight is 648 g/mol. The molecular weight excluding hydrogens is 619 g/mol. The van der Waals surface area contributed by atoms with Gasteiger partial charge in [0.25, 0.3) is 0 Å². The molecule has 0 atom stereocenters. The van der Waals surface area contributed by atoms with E-state index in [0.29, 0.717) is 17.6 Å². The van der Waals surface area contributed by atoms with E-state index in [0.717, 1.165) is 66.4 Å². The summed E-state index contributed by atoms with van der Waals surface area (Å²) < 4.78 is 15.5. The van der Waals surface area contributed by atoms with Crippen molar-refractivity contribution in [3.05, 3.63) is 140 Å². The molecular formula is C43H29N5O2. The smallest absolute Gasteiger partial charge is 0.238 e. The van der Waals surface area contributed by atoms with Crippen LogP contribution in [0.15, 0.2) is 140 Å². The van der Waals surface area contributed by atoms with Crippen LogP contribution in [0.3, 0.4) is 0 Å². The van der Waals surface area contributed by atoms with Crippen LogP contribution in [0.5, 0.6) is 11.5 Å². The van der Waals surface area contributed by atoms with Crippen LogP contribution in [0.2, 0.25) is 0 Å². The highest BCUT2D eigenvalue weighted by Gasteiger charge is 2.22. The Kier molecular flexibility index (Phi) is 6.17. The van der Waals surface area contributed by atoms with E-state index in [1.807, 2.05) is 48.5 Å². The fraction of sp³-hybridized carbons (Fsp3) is 0.0465. The third-order valence-electron chi connectivity index (χ3n) is 9.76. The molecule has 238 valence electrons. The summed E-state index contributed by atoms with van der Waals surface area (Å²) in [5.74, 6) is 3.21. The van der Waals surface area contributed by atoms with Crippen LogP contribution < -0.4 is 9.47 Å². The van der Waals surface area contributed by atoms with Gasteiger partial charge in [0.15, 0.2) is 11.6 Å². The Hall–Kier alpha value is -6.73. The molecule has 0 bridgehead atoms. The molecule has 0 amide bonds. The molecule has 6 aromatic carbocycles. The second kappa shape index (κ2) is 10.9. The number of hydrogen-bond donors (Lipinski definition) is 0. The Balaban J connectivity index is 1.36. The van der Waals surface area contributed by atoms with E-state index in [-0.39, 0.29) is 0 Å². The van der Waals surface area contributed by atoms with E-state index in [9.17, 15) is 0 Å². The molecule has 10 aromatic rings. The first-order valence-electron chi connectivity index (χ1n) is 16.5. The monoisotopic (exact) mass is 647 g/mol. The minimum atomic E-state index is 0.537. The summed E-state index contributed by atoms with van der Waals surface area (Å²) in [6, 6.07) is 48.3. The second-order valence-corrected chi connectivity index (χ2v) is 12.4. The van der Waals surface area contributed by atoms with Crippen molar-refractivity contribution in [1.29, 1.82) is 0 Å². The number of ether oxygens (including phenoxy) is 2. The quantitative estimate of drug-likeness (QED) is 0.174. The van der Waals surface area contributed by atoms with Crippen LogP contribution in [-0.4, -0.2) is 38.1 Å². The third-order valence-corrected chi connectivity index (χ3v) is 9.76. The molecule has 0 radical (unpaired) electrons. The molecule has 7 heteroatoms. The molecule has 10 rings (SSSR count). The summed E-state index contributed by atoms with van der Waals surface area (Å²) in [5.41, 5.74) is 7.19. The standard InChI is InChI=1S/C43H29N5O2/c1-49-29-20-15-26(16-21-29)41-44-42(27-17-22-30(50-2)23-18-27)46-43(45-41)48-37-14-8-6-12-34(37)35-24-19-28-25-38-33-11-4-3-9-31(33)32-10-5-7-13-36(32)47(38)39(28)40(35)48/h3-25H,1-2H3. The number of para-hydroxylation sites is 2. The van der Waals surface area contributed by atoms with Crippen LogP contribution >= 0.6 is 0 Å². The highest BCUT2D eigenvalue weighted by Crippen LogP contribution is 2.41. The Labute approximate surface area is 286 Å². The van der Waals surface area contributed by atoms with Gasteiger partial charge < -0.3 is 13.9 Å². The zero-order chi connectivity index (χ0) is 33.3. The van der Waals surface area contributed by atoms with Crippen LogP contribution in [0.25, 0.3) is 88.6 Å². The van der Waals surface area contributed by atoms with E-state index in [2.05, 4.69) is 100.0 Å². The van der Waals surface area contributed by atoms with E-state index in [4.69, 9.17) is 24.4 Å². The van der Waals surface area contributed by atoms with Crippen LogP contribution in [0.1, 0.15) is 0 Å². The van der Waals surface area contributed by atoms with Crippen LogP contribution in [-0.2, 0) is 0 Å². The first-order chi connectivity index (χ1) is 24.7. The van der Waals surface area contributed by atoms with E-state index < -0.39 is 0 Å². The Morgan fingerprint density at radius 3 is 1.56 bits per heavy atom. The first kappa shape index (κ1) is 28.3. The van der Waals surface area contributed by atoms with Gasteiger partial charge in [-0.1, -0.05) is 72.8 Å². The predicted octanol–water partition coefficient (Wildman–Crippen LogP) is 10.0. The molecule has 0 aliphatic rings. The number of hydrogen-bond acceptors (Lipinski definition) is 5. The van der Waals surface area contributed by atoms with Gasteiger partial charge in [-0.05, 0) is 72.1 Å². The number of benzene rings is 6. The molecule has 0 N–H and O–H groups in total. The van der Waals surface area contributed by atoms with Gasteiger partial charge in [-0.15, -0.1) is 0 Å². The number of pyridine rings is 1. The van der Waals surface area contributed by atoms with E-state index >= 15 is 0 Å². The largest absolute Gasteiger partial charge is 0.497 e. The van der Waals surface area contributed by atoms with Crippen molar-refractivity contribution >= 4 is 59.9 Å². The predicted molar refractivity (Wildman–Crippen MR) is 202 cm³/mol. The molecule has 50 heavy (non-hydrogen) atoms. The van der Waals surface area contributed by atoms with Gasteiger partial charge in [0.1, 0.15) is 11.5 Å². The fourth-order valence-corrected chi connectivity index (χ4v) is 7.44. The number of methoxy groups -OCH3 is 2. The molecule has 0 spiro atoms. The van der Waals surface area contributed by atoms with Crippen molar-refractivity contribution in [2.24, 2.45) is 0 Å². The number of fused-ring (bicyclic) bond motifs is 12. The molecule has 0 aliphatic heterocycles. The van der Waals surface area contributed by atoms with Gasteiger partial charge in [-0.2, -0.15) is 9.97 Å². The fourth-order valence-electron chi connectivity index (χ4n) is 7.44. The summed E-state index contributed by atoms with van der Waals surface area (Å²) in [7, 11) is 3.33. The number of rotatable bonds is 5. The first-order valence-corrected chi connectivity index (χ1v) is 16.5. The maximum absolute atomic E-state index is 5.45. The van der Waals surface area contributed by atoms with Crippen molar-refractivity contribution in [2.45, 2.75) is 0 Å². The highest BCUT2D eigenvalue weighted by atomic mass is 16.5. The maximum Gasteiger partial charge on any atom is 0.238 e. The molecule has 0 aliphatic carbocycles. The highest BCUT2D eigenvalue weighted by molar-refractivity contribution is 6.22. The minimum Gasteiger partial charge on any atom is -0.497 e. The van der Waals surface area contributed by atoms with Gasteiger partial charge in [0, 0.05) is 38.1 Å². The second-order valence-electron chi connectivity index (χ2n) is 12.4. The third kappa shape index (κ3) is 4.13. The molecule has 0 fully saturated rings. The Bertz CT molecular complexity index is 2880. The van der Waals surface area contributed by atoms with Crippen molar-refractivity contribution in [3.63, 3.8) is 0 Å². The Morgan fingerprint density at radius 2 is 0.960 bits per heavy atom. The summed E-state index contributed by atoms with van der Waals surface area (Å²) in [6.07, 6.45) is 0. The molecule has 0 unspecified atom stereocenters. The Morgan fingerprint density at radius 1 is 0.440 bits per heavy atom. The van der Waals surface area contributed by atoms with Crippen LogP contribution in [0.4, 0.5) is 0 Å². The zero-order valence-electron chi connectivity index (χ0n) is 27.3. The van der Waals surface area contributed by atoms with Crippen molar-refractivity contribution in [2.75, 3.05) is 14.2 Å².